The highest BCUT2D eigenvalue weighted by molar-refractivity contribution is 7.99. The topological polar surface area (TPSA) is 124 Å². The summed E-state index contributed by atoms with van der Waals surface area (Å²) in [7, 11) is 3.29. The second-order valence-corrected chi connectivity index (χ2v) is 13.9. The third-order valence-corrected chi connectivity index (χ3v) is 10.4. The van der Waals surface area contributed by atoms with E-state index in [1.807, 2.05) is 121 Å². The lowest BCUT2D eigenvalue weighted by molar-refractivity contribution is -0.268. The van der Waals surface area contributed by atoms with Gasteiger partial charge in [-0.3, -0.25) is 0 Å². The highest BCUT2D eigenvalue weighted by atomic mass is 32.2. The van der Waals surface area contributed by atoms with Crippen LogP contribution in [0.15, 0.2) is 121 Å². The van der Waals surface area contributed by atoms with E-state index in [1.54, 1.807) is 18.0 Å². The van der Waals surface area contributed by atoms with Gasteiger partial charge in [0, 0.05) is 49.6 Å². The van der Waals surface area contributed by atoms with Crippen LogP contribution in [0.25, 0.3) is 11.1 Å². The fourth-order valence-corrected chi connectivity index (χ4v) is 7.32. The Morgan fingerprint density at radius 2 is 1.63 bits per heavy atom. The first-order valence-electron chi connectivity index (χ1n) is 17.3. The highest BCUT2D eigenvalue weighted by Crippen LogP contribution is 2.43. The maximum Gasteiger partial charge on any atom is 0.328 e. The molecule has 270 valence electrons. The van der Waals surface area contributed by atoms with Gasteiger partial charge in [-0.25, -0.2) is 14.6 Å². The van der Waals surface area contributed by atoms with Crippen LogP contribution in [0.2, 0.25) is 0 Å². The summed E-state index contributed by atoms with van der Waals surface area (Å²) in [5.74, 6) is 0.274. The highest BCUT2D eigenvalue weighted by Gasteiger charge is 2.38. The molecule has 5 atom stereocenters. The first-order chi connectivity index (χ1) is 25.3. The number of methoxy groups -OCH3 is 1. The molecule has 4 aromatic carbocycles. The van der Waals surface area contributed by atoms with Crippen molar-refractivity contribution in [2.45, 2.75) is 56.2 Å². The van der Waals surface area contributed by atoms with Gasteiger partial charge in [0.2, 0.25) is 0 Å². The van der Waals surface area contributed by atoms with Gasteiger partial charge < -0.3 is 34.5 Å². The summed E-state index contributed by atoms with van der Waals surface area (Å²) in [6.07, 6.45) is 3.16. The van der Waals surface area contributed by atoms with Crippen LogP contribution < -0.4 is 10.6 Å². The first kappa shape index (κ1) is 36.8. The molecule has 5 aromatic rings. The van der Waals surface area contributed by atoms with Gasteiger partial charge in [0.05, 0.1) is 25.9 Å². The van der Waals surface area contributed by atoms with Crippen molar-refractivity contribution in [1.82, 2.24) is 20.2 Å². The molecule has 11 heteroatoms. The average Bonchev–Trinajstić information content (AvgIpc) is 3.60. The number of urea groups is 1. The molecule has 1 saturated heterocycles. The number of aryl methyl sites for hydroxylation is 1. The van der Waals surface area contributed by atoms with Crippen molar-refractivity contribution in [1.29, 1.82) is 0 Å². The van der Waals surface area contributed by atoms with Gasteiger partial charge in [-0.2, -0.15) is 0 Å². The van der Waals surface area contributed by atoms with Gasteiger partial charge in [-0.1, -0.05) is 116 Å². The van der Waals surface area contributed by atoms with Gasteiger partial charge in [0.15, 0.2) is 11.4 Å². The number of nitrogens with one attached hydrogen (secondary N) is 2. The summed E-state index contributed by atoms with van der Waals surface area (Å²) in [4.78, 5) is 29.7. The summed E-state index contributed by atoms with van der Waals surface area (Å²) >= 11 is 1.66. The van der Waals surface area contributed by atoms with Gasteiger partial charge in [0.25, 0.3) is 0 Å². The van der Waals surface area contributed by atoms with Crippen molar-refractivity contribution in [2.75, 3.05) is 12.9 Å². The zero-order valence-electron chi connectivity index (χ0n) is 29.5. The normalized spacial score (nSPS) is 19.1. The molecule has 2 amide bonds. The van der Waals surface area contributed by atoms with E-state index in [0.29, 0.717) is 12.2 Å². The lowest BCUT2D eigenvalue weighted by atomic mass is 9.91. The van der Waals surface area contributed by atoms with Crippen LogP contribution >= 0.6 is 11.8 Å². The SMILES string of the molecule is COC(=O)[C@H](Cc1ccccc1)NC(=O)NCc1cccc(-c2ccc([C@@H]3O[C@H](CSc4nccn4C)[C@H](C)[C@H](c4ccc(CO)cc4)O3)cc2)c1. The van der Waals surface area contributed by atoms with Crippen LogP contribution in [0.5, 0.6) is 0 Å². The van der Waals surface area contributed by atoms with Crippen LogP contribution in [0.1, 0.15) is 47.1 Å². The molecular weight excluding hydrogens is 677 g/mol. The Kier molecular flexibility index (Phi) is 12.4. The number of benzene rings is 4. The number of carbonyl (C=O) groups is 2. The number of thioether (sulfide) groups is 1. The van der Waals surface area contributed by atoms with Crippen LogP contribution in [0.4, 0.5) is 4.79 Å². The molecule has 0 unspecified atom stereocenters. The summed E-state index contributed by atoms with van der Waals surface area (Å²) in [6, 6.07) is 32.2. The number of hydrogen-bond acceptors (Lipinski definition) is 8. The van der Waals surface area contributed by atoms with Crippen molar-refractivity contribution in [2.24, 2.45) is 13.0 Å². The molecule has 0 aliphatic carbocycles. The molecule has 0 saturated carbocycles. The Balaban J connectivity index is 1.12. The predicted molar refractivity (Wildman–Crippen MR) is 200 cm³/mol. The van der Waals surface area contributed by atoms with Gasteiger partial charge in [-0.15, -0.1) is 0 Å². The van der Waals surface area contributed by atoms with Crippen LogP contribution in [0.3, 0.4) is 0 Å². The minimum atomic E-state index is -0.811. The van der Waals surface area contributed by atoms with E-state index < -0.39 is 24.3 Å². The molecule has 1 aliphatic rings. The number of nitrogens with zero attached hydrogens (tertiary/aromatic N) is 2. The van der Waals surface area contributed by atoms with Crippen molar-refractivity contribution >= 4 is 23.8 Å². The summed E-state index contributed by atoms with van der Waals surface area (Å²) in [6.45, 7) is 2.42. The number of rotatable bonds is 13. The van der Waals surface area contributed by atoms with E-state index in [4.69, 9.17) is 14.2 Å². The number of hydrogen-bond donors (Lipinski definition) is 3. The van der Waals surface area contributed by atoms with Crippen LogP contribution in [-0.4, -0.2) is 51.7 Å². The number of imidazole rings is 1. The Labute approximate surface area is 308 Å². The number of carbonyl (C=O) groups excluding carboxylic acids is 2. The van der Waals surface area contributed by atoms with Crippen molar-refractivity contribution < 1.29 is 28.9 Å². The average molecular weight is 721 g/mol. The molecular formula is C41H44N4O6S. The van der Waals surface area contributed by atoms with Crippen LogP contribution in [-0.2, 0) is 45.6 Å². The van der Waals surface area contributed by atoms with E-state index in [1.165, 1.54) is 7.11 Å². The fourth-order valence-electron chi connectivity index (χ4n) is 6.23. The molecule has 2 heterocycles. The molecule has 52 heavy (non-hydrogen) atoms. The molecule has 6 rings (SSSR count). The molecule has 1 aromatic heterocycles. The molecule has 0 bridgehead atoms. The third-order valence-electron chi connectivity index (χ3n) is 9.25. The van der Waals surface area contributed by atoms with E-state index in [-0.39, 0.29) is 31.3 Å². The van der Waals surface area contributed by atoms with E-state index in [9.17, 15) is 14.7 Å². The first-order valence-corrected chi connectivity index (χ1v) is 18.3. The quantitative estimate of drug-likeness (QED) is 0.0903. The zero-order chi connectivity index (χ0) is 36.5. The molecule has 0 spiro atoms. The number of aromatic nitrogens is 2. The van der Waals surface area contributed by atoms with Crippen LogP contribution in [0, 0.1) is 5.92 Å². The lowest BCUT2D eigenvalue weighted by Gasteiger charge is -2.41. The number of aliphatic hydroxyl groups is 1. The minimum absolute atomic E-state index is 0.0101. The van der Waals surface area contributed by atoms with Gasteiger partial charge in [-0.05, 0) is 39.4 Å². The lowest BCUT2D eigenvalue weighted by Crippen LogP contribution is -2.47. The fraction of sp³-hybridized carbons (Fsp3) is 0.293. The van der Waals surface area contributed by atoms with E-state index in [0.717, 1.165) is 44.1 Å². The van der Waals surface area contributed by atoms with E-state index in [2.05, 4.69) is 22.5 Å². The van der Waals surface area contributed by atoms with Gasteiger partial charge >= 0.3 is 12.0 Å². The molecule has 3 N–H and O–H groups in total. The van der Waals surface area contributed by atoms with Crippen molar-refractivity contribution in [3.63, 3.8) is 0 Å². The molecule has 1 aliphatic heterocycles. The standard InChI is InChI=1S/C41H44N4O6S/c1-27-36(26-52-41-42-20-21-45(41)2)50-39(51-37(27)32-14-12-29(25-46)13-15-32)33-18-16-31(17-19-33)34-11-7-10-30(22-34)24-43-40(48)44-35(38(47)49-3)23-28-8-5-4-6-9-28/h4-22,27,35-37,39,46H,23-26H2,1-3H3,(H2,43,44,48)/t27-,35-,36+,37+,39+/m0/s1. The van der Waals surface area contributed by atoms with Gasteiger partial charge in [0.1, 0.15) is 6.04 Å². The molecule has 1 fully saturated rings. The summed E-state index contributed by atoms with van der Waals surface area (Å²) < 4.78 is 20.2. The minimum Gasteiger partial charge on any atom is -0.467 e. The Morgan fingerprint density at radius 1 is 0.904 bits per heavy atom. The largest absolute Gasteiger partial charge is 0.467 e. The maximum atomic E-state index is 12.8. The van der Waals surface area contributed by atoms with Crippen molar-refractivity contribution in [3.8, 4) is 11.1 Å². The third kappa shape index (κ3) is 9.29. The summed E-state index contributed by atoms with van der Waals surface area (Å²) in [5.41, 5.74) is 6.62. The smallest absolute Gasteiger partial charge is 0.328 e. The second-order valence-electron chi connectivity index (χ2n) is 12.9. The number of ether oxygens (including phenoxy) is 3. The maximum absolute atomic E-state index is 12.8. The number of aliphatic hydroxyl groups excluding tert-OH is 1. The predicted octanol–water partition coefficient (Wildman–Crippen LogP) is 6.75. The Hall–Kier alpha value is -4.94. The van der Waals surface area contributed by atoms with E-state index >= 15 is 0 Å². The monoisotopic (exact) mass is 720 g/mol. The zero-order valence-corrected chi connectivity index (χ0v) is 30.3. The second kappa shape index (κ2) is 17.5. The number of esters is 1. The van der Waals surface area contributed by atoms with Crippen molar-refractivity contribution in [3.05, 3.63) is 143 Å². The Bertz CT molecular complexity index is 1920. The summed E-state index contributed by atoms with van der Waals surface area (Å²) in [5, 5.41) is 16.1. The molecule has 10 nitrogen and oxygen atoms in total. The Morgan fingerprint density at radius 3 is 2.33 bits per heavy atom. The number of amides is 2. The molecule has 0 radical (unpaired) electrons.